The topological polar surface area (TPSA) is 39.1 Å². The molecule has 0 aliphatic rings. The van der Waals surface area contributed by atoms with Gasteiger partial charge in [-0.3, -0.25) is 0 Å². The number of ether oxygens (including phenoxy) is 1. The molecular formula is C12H23N3O. The van der Waals surface area contributed by atoms with Crippen LogP contribution in [-0.4, -0.2) is 29.3 Å². The van der Waals surface area contributed by atoms with Crippen molar-refractivity contribution < 1.29 is 4.74 Å². The highest BCUT2D eigenvalue weighted by Gasteiger charge is 2.02. The lowest BCUT2D eigenvalue weighted by Crippen LogP contribution is -2.23. The van der Waals surface area contributed by atoms with E-state index >= 15 is 0 Å². The summed E-state index contributed by atoms with van der Waals surface area (Å²) < 4.78 is 7.25. The maximum Gasteiger partial charge on any atom is 0.0948 e. The van der Waals surface area contributed by atoms with Gasteiger partial charge in [0.1, 0.15) is 0 Å². The van der Waals surface area contributed by atoms with Crippen molar-refractivity contribution in [1.82, 2.24) is 14.9 Å². The quantitative estimate of drug-likeness (QED) is 0.686. The lowest BCUT2D eigenvalue weighted by atomic mass is 10.3. The van der Waals surface area contributed by atoms with Crippen LogP contribution < -0.4 is 5.32 Å². The SMILES string of the molecule is COCCCCn1cncc1CNC(C)C. The van der Waals surface area contributed by atoms with Gasteiger partial charge >= 0.3 is 0 Å². The minimum atomic E-state index is 0.511. The Hall–Kier alpha value is -0.870. The molecule has 0 aromatic carbocycles. The zero-order valence-electron chi connectivity index (χ0n) is 10.6. The van der Waals surface area contributed by atoms with Gasteiger partial charge in [-0.1, -0.05) is 13.8 Å². The third kappa shape index (κ3) is 4.77. The van der Waals surface area contributed by atoms with E-state index in [1.165, 1.54) is 5.69 Å². The first-order chi connectivity index (χ1) is 7.74. The summed E-state index contributed by atoms with van der Waals surface area (Å²) in [4.78, 5) is 4.19. The van der Waals surface area contributed by atoms with Crippen LogP contribution in [-0.2, 0) is 17.8 Å². The average molecular weight is 225 g/mol. The van der Waals surface area contributed by atoms with E-state index in [0.29, 0.717) is 6.04 Å². The highest BCUT2D eigenvalue weighted by molar-refractivity contribution is 4.98. The van der Waals surface area contributed by atoms with Gasteiger partial charge < -0.3 is 14.6 Å². The van der Waals surface area contributed by atoms with Gasteiger partial charge in [0.15, 0.2) is 0 Å². The summed E-state index contributed by atoms with van der Waals surface area (Å²) in [5, 5.41) is 3.40. The maximum atomic E-state index is 5.03. The van der Waals surface area contributed by atoms with Crippen molar-refractivity contribution >= 4 is 0 Å². The van der Waals surface area contributed by atoms with E-state index in [1.807, 2.05) is 12.5 Å². The Morgan fingerprint density at radius 2 is 2.25 bits per heavy atom. The molecule has 0 bridgehead atoms. The summed E-state index contributed by atoms with van der Waals surface area (Å²) in [5.74, 6) is 0. The summed E-state index contributed by atoms with van der Waals surface area (Å²) in [7, 11) is 1.75. The zero-order valence-corrected chi connectivity index (χ0v) is 10.6. The summed E-state index contributed by atoms with van der Waals surface area (Å²) in [6.45, 7) is 7.06. The number of aryl methyl sites for hydroxylation is 1. The van der Waals surface area contributed by atoms with Crippen LogP contribution in [0.2, 0.25) is 0 Å². The van der Waals surface area contributed by atoms with Gasteiger partial charge in [-0.25, -0.2) is 4.98 Å². The molecule has 1 aromatic rings. The molecule has 0 saturated heterocycles. The first kappa shape index (κ1) is 13.2. The first-order valence-electron chi connectivity index (χ1n) is 5.95. The highest BCUT2D eigenvalue weighted by atomic mass is 16.5. The Morgan fingerprint density at radius 3 is 2.94 bits per heavy atom. The lowest BCUT2D eigenvalue weighted by molar-refractivity contribution is 0.191. The fraction of sp³-hybridized carbons (Fsp3) is 0.750. The van der Waals surface area contributed by atoms with E-state index in [4.69, 9.17) is 4.74 Å². The van der Waals surface area contributed by atoms with Gasteiger partial charge in [0.25, 0.3) is 0 Å². The van der Waals surface area contributed by atoms with Crippen LogP contribution >= 0.6 is 0 Å². The molecule has 4 heteroatoms. The van der Waals surface area contributed by atoms with E-state index in [0.717, 1.165) is 32.5 Å². The predicted octanol–water partition coefficient (Wildman–Crippen LogP) is 1.81. The molecule has 0 saturated carbocycles. The molecule has 4 nitrogen and oxygen atoms in total. The summed E-state index contributed by atoms with van der Waals surface area (Å²) in [6.07, 6.45) is 6.08. The van der Waals surface area contributed by atoms with E-state index in [1.54, 1.807) is 7.11 Å². The fourth-order valence-corrected chi connectivity index (χ4v) is 1.53. The monoisotopic (exact) mass is 225 g/mol. The van der Waals surface area contributed by atoms with Gasteiger partial charge in [0, 0.05) is 39.0 Å². The first-order valence-corrected chi connectivity index (χ1v) is 5.95. The van der Waals surface area contributed by atoms with Crippen molar-refractivity contribution in [2.45, 2.75) is 45.8 Å². The second-order valence-corrected chi connectivity index (χ2v) is 4.31. The van der Waals surface area contributed by atoms with E-state index < -0.39 is 0 Å². The number of unbranched alkanes of at least 4 members (excludes halogenated alkanes) is 1. The number of hydrogen-bond acceptors (Lipinski definition) is 3. The molecule has 1 rings (SSSR count). The Bertz CT molecular complexity index is 284. The molecule has 0 aliphatic carbocycles. The van der Waals surface area contributed by atoms with E-state index in [2.05, 4.69) is 28.7 Å². The summed E-state index contributed by atoms with van der Waals surface area (Å²) in [5.41, 5.74) is 1.26. The highest BCUT2D eigenvalue weighted by Crippen LogP contribution is 2.03. The van der Waals surface area contributed by atoms with Crippen LogP contribution in [0.15, 0.2) is 12.5 Å². The molecule has 0 atom stereocenters. The smallest absolute Gasteiger partial charge is 0.0948 e. The maximum absolute atomic E-state index is 5.03. The van der Waals surface area contributed by atoms with Crippen molar-refractivity contribution in [3.8, 4) is 0 Å². The number of aromatic nitrogens is 2. The molecule has 1 heterocycles. The van der Waals surface area contributed by atoms with Crippen molar-refractivity contribution in [3.63, 3.8) is 0 Å². The Balaban J connectivity index is 2.32. The molecule has 1 aromatic heterocycles. The van der Waals surface area contributed by atoms with Gasteiger partial charge in [-0.15, -0.1) is 0 Å². The van der Waals surface area contributed by atoms with E-state index in [9.17, 15) is 0 Å². The molecule has 92 valence electrons. The van der Waals surface area contributed by atoms with Crippen LogP contribution in [0, 0.1) is 0 Å². The van der Waals surface area contributed by atoms with Crippen LogP contribution in [0.1, 0.15) is 32.4 Å². The third-order valence-electron chi connectivity index (χ3n) is 2.49. The lowest BCUT2D eigenvalue weighted by Gasteiger charge is -2.10. The molecular weight excluding hydrogens is 202 g/mol. The van der Waals surface area contributed by atoms with Crippen LogP contribution in [0.3, 0.4) is 0 Å². The molecule has 0 fully saturated rings. The Labute approximate surface area is 98.0 Å². The second-order valence-electron chi connectivity index (χ2n) is 4.31. The molecule has 0 radical (unpaired) electrons. The number of nitrogens with one attached hydrogen (secondary N) is 1. The van der Waals surface area contributed by atoms with Gasteiger partial charge in [-0.2, -0.15) is 0 Å². The van der Waals surface area contributed by atoms with Gasteiger partial charge in [0.05, 0.1) is 12.0 Å². The number of nitrogens with zero attached hydrogens (tertiary/aromatic N) is 2. The van der Waals surface area contributed by atoms with Crippen molar-refractivity contribution in [1.29, 1.82) is 0 Å². The van der Waals surface area contributed by atoms with Crippen LogP contribution in [0.25, 0.3) is 0 Å². The normalized spacial score (nSPS) is 11.2. The molecule has 16 heavy (non-hydrogen) atoms. The molecule has 1 N–H and O–H groups in total. The number of hydrogen-bond donors (Lipinski definition) is 1. The van der Waals surface area contributed by atoms with Crippen molar-refractivity contribution in [2.24, 2.45) is 0 Å². The van der Waals surface area contributed by atoms with Gasteiger partial charge in [0.2, 0.25) is 0 Å². The Morgan fingerprint density at radius 1 is 1.44 bits per heavy atom. The molecule has 0 aliphatic heterocycles. The number of imidazole rings is 1. The van der Waals surface area contributed by atoms with Crippen molar-refractivity contribution in [3.05, 3.63) is 18.2 Å². The fourth-order valence-electron chi connectivity index (χ4n) is 1.53. The largest absolute Gasteiger partial charge is 0.385 e. The molecule has 0 spiro atoms. The summed E-state index contributed by atoms with van der Waals surface area (Å²) in [6, 6.07) is 0.511. The minimum Gasteiger partial charge on any atom is -0.385 e. The van der Waals surface area contributed by atoms with Crippen molar-refractivity contribution in [2.75, 3.05) is 13.7 Å². The second kappa shape index (κ2) is 7.41. The van der Waals surface area contributed by atoms with Crippen LogP contribution in [0.4, 0.5) is 0 Å². The zero-order chi connectivity index (χ0) is 11.8. The Kier molecular flexibility index (Phi) is 6.11. The number of rotatable bonds is 8. The average Bonchev–Trinajstić information content (AvgIpc) is 2.69. The van der Waals surface area contributed by atoms with Crippen LogP contribution in [0.5, 0.6) is 0 Å². The molecule has 0 unspecified atom stereocenters. The molecule has 0 amide bonds. The third-order valence-corrected chi connectivity index (χ3v) is 2.49. The van der Waals surface area contributed by atoms with E-state index in [-0.39, 0.29) is 0 Å². The van der Waals surface area contributed by atoms with Gasteiger partial charge in [-0.05, 0) is 12.8 Å². The summed E-state index contributed by atoms with van der Waals surface area (Å²) >= 11 is 0. The standard InChI is InChI=1S/C12H23N3O/c1-11(2)14-9-12-8-13-10-15(12)6-4-5-7-16-3/h8,10-11,14H,4-7,9H2,1-3H3. The minimum absolute atomic E-state index is 0.511. The number of methoxy groups -OCH3 is 1. The predicted molar refractivity (Wildman–Crippen MR) is 65.3 cm³/mol.